The lowest BCUT2D eigenvalue weighted by Crippen LogP contribution is -2.32. The van der Waals surface area contributed by atoms with Gasteiger partial charge in [0.15, 0.2) is 0 Å². The SMILES string of the molecule is Nc1ccc2nccc(CN3CC(=O)N(c4ccc(OC(F)(F)F)cc4)C3=O)c2c1. The quantitative estimate of drug-likeness (QED) is 0.518. The van der Waals surface area contributed by atoms with Gasteiger partial charge in [0.05, 0.1) is 11.2 Å². The first kappa shape index (κ1) is 19.5. The van der Waals surface area contributed by atoms with Crippen molar-refractivity contribution in [3.63, 3.8) is 0 Å². The number of carbonyl (C=O) groups excluding carboxylic acids is 2. The van der Waals surface area contributed by atoms with E-state index in [0.717, 1.165) is 28.0 Å². The molecule has 0 saturated carbocycles. The minimum Gasteiger partial charge on any atom is -0.406 e. The lowest BCUT2D eigenvalue weighted by molar-refractivity contribution is -0.274. The molecule has 1 aliphatic rings. The number of nitrogens with two attached hydrogens (primary N) is 1. The Morgan fingerprint density at radius 1 is 1.07 bits per heavy atom. The van der Waals surface area contributed by atoms with Gasteiger partial charge in [-0.1, -0.05) is 0 Å². The Labute approximate surface area is 168 Å². The summed E-state index contributed by atoms with van der Waals surface area (Å²) >= 11 is 0. The van der Waals surface area contributed by atoms with E-state index in [4.69, 9.17) is 5.73 Å². The van der Waals surface area contributed by atoms with E-state index in [1.165, 1.54) is 17.0 Å². The molecule has 30 heavy (non-hydrogen) atoms. The van der Waals surface area contributed by atoms with Gasteiger partial charge in [0, 0.05) is 23.8 Å². The molecule has 1 aromatic heterocycles. The van der Waals surface area contributed by atoms with Crippen molar-refractivity contribution >= 4 is 34.2 Å². The molecular weight excluding hydrogens is 401 g/mol. The lowest BCUT2D eigenvalue weighted by Gasteiger charge is -2.18. The van der Waals surface area contributed by atoms with Crippen LogP contribution in [0.15, 0.2) is 54.7 Å². The van der Waals surface area contributed by atoms with E-state index in [-0.39, 0.29) is 18.8 Å². The zero-order chi connectivity index (χ0) is 21.5. The highest BCUT2D eigenvalue weighted by Crippen LogP contribution is 2.29. The van der Waals surface area contributed by atoms with E-state index in [1.54, 1.807) is 30.5 Å². The van der Waals surface area contributed by atoms with Crippen LogP contribution in [-0.2, 0) is 11.3 Å². The van der Waals surface area contributed by atoms with Gasteiger partial charge < -0.3 is 15.4 Å². The second-order valence-electron chi connectivity index (χ2n) is 6.66. The predicted octanol–water partition coefficient (Wildman–Crippen LogP) is 3.68. The molecule has 0 aliphatic carbocycles. The van der Waals surface area contributed by atoms with Crippen molar-refractivity contribution < 1.29 is 27.5 Å². The third kappa shape index (κ3) is 3.84. The van der Waals surface area contributed by atoms with E-state index in [9.17, 15) is 22.8 Å². The number of aromatic nitrogens is 1. The second-order valence-corrected chi connectivity index (χ2v) is 6.66. The Morgan fingerprint density at radius 2 is 1.80 bits per heavy atom. The number of alkyl halides is 3. The van der Waals surface area contributed by atoms with Gasteiger partial charge in [0.1, 0.15) is 12.3 Å². The Bertz CT molecular complexity index is 1130. The normalized spacial score (nSPS) is 14.6. The fourth-order valence-corrected chi connectivity index (χ4v) is 3.29. The van der Waals surface area contributed by atoms with E-state index < -0.39 is 24.1 Å². The van der Waals surface area contributed by atoms with Gasteiger partial charge in [-0.05, 0) is 54.1 Å². The number of rotatable bonds is 4. The molecular formula is C20H15F3N4O3. The number of hydrogen-bond donors (Lipinski definition) is 1. The number of nitrogen functional groups attached to an aromatic ring is 1. The van der Waals surface area contributed by atoms with Gasteiger partial charge in [-0.15, -0.1) is 13.2 Å². The highest BCUT2D eigenvalue weighted by atomic mass is 19.4. The molecule has 7 nitrogen and oxygen atoms in total. The minimum atomic E-state index is -4.83. The van der Waals surface area contributed by atoms with Crippen LogP contribution in [0.5, 0.6) is 5.75 Å². The minimum absolute atomic E-state index is 0.152. The van der Waals surface area contributed by atoms with E-state index in [0.29, 0.717) is 11.2 Å². The largest absolute Gasteiger partial charge is 0.573 e. The van der Waals surface area contributed by atoms with Crippen molar-refractivity contribution in [1.29, 1.82) is 0 Å². The number of urea groups is 1. The summed E-state index contributed by atoms with van der Waals surface area (Å²) in [4.78, 5) is 31.8. The number of hydrogen-bond acceptors (Lipinski definition) is 5. The van der Waals surface area contributed by atoms with Crippen molar-refractivity contribution in [3.05, 3.63) is 60.3 Å². The van der Waals surface area contributed by atoms with Gasteiger partial charge in [-0.3, -0.25) is 9.78 Å². The van der Waals surface area contributed by atoms with Crippen molar-refractivity contribution in [2.45, 2.75) is 12.9 Å². The Kier molecular flexibility index (Phi) is 4.69. The van der Waals surface area contributed by atoms with Crippen molar-refractivity contribution in [2.75, 3.05) is 17.2 Å². The summed E-state index contributed by atoms with van der Waals surface area (Å²) in [6.45, 7) is -0.00934. The number of fused-ring (bicyclic) bond motifs is 1. The summed E-state index contributed by atoms with van der Waals surface area (Å²) < 4.78 is 40.7. The molecule has 2 aromatic carbocycles. The summed E-state index contributed by atoms with van der Waals surface area (Å²) in [7, 11) is 0. The molecule has 2 N–H and O–H groups in total. The van der Waals surface area contributed by atoms with Crippen molar-refractivity contribution in [1.82, 2.24) is 9.88 Å². The van der Waals surface area contributed by atoms with Gasteiger partial charge in [-0.25, -0.2) is 9.69 Å². The van der Waals surface area contributed by atoms with Crippen LogP contribution in [0.3, 0.4) is 0 Å². The zero-order valence-electron chi connectivity index (χ0n) is 15.4. The van der Waals surface area contributed by atoms with Gasteiger partial charge >= 0.3 is 12.4 Å². The first-order valence-electron chi connectivity index (χ1n) is 8.82. The smallest absolute Gasteiger partial charge is 0.406 e. The number of nitrogens with zero attached hydrogens (tertiary/aromatic N) is 3. The molecule has 0 atom stereocenters. The van der Waals surface area contributed by atoms with Crippen LogP contribution in [0.25, 0.3) is 10.9 Å². The van der Waals surface area contributed by atoms with E-state index in [2.05, 4.69) is 9.72 Å². The van der Waals surface area contributed by atoms with Crippen LogP contribution in [0.1, 0.15) is 5.56 Å². The number of benzene rings is 2. The molecule has 0 unspecified atom stereocenters. The highest BCUT2D eigenvalue weighted by Gasteiger charge is 2.37. The monoisotopic (exact) mass is 416 g/mol. The lowest BCUT2D eigenvalue weighted by atomic mass is 10.1. The van der Waals surface area contributed by atoms with E-state index >= 15 is 0 Å². The van der Waals surface area contributed by atoms with Gasteiger partial charge in [0.25, 0.3) is 5.91 Å². The third-order valence-corrected chi connectivity index (χ3v) is 4.58. The number of halogens is 3. The molecule has 2 heterocycles. The Hall–Kier alpha value is -3.82. The average molecular weight is 416 g/mol. The van der Waals surface area contributed by atoms with Crippen molar-refractivity contribution in [2.24, 2.45) is 0 Å². The summed E-state index contributed by atoms with van der Waals surface area (Å²) in [5.41, 5.74) is 8.02. The van der Waals surface area contributed by atoms with Crippen LogP contribution >= 0.6 is 0 Å². The molecule has 1 fully saturated rings. The average Bonchev–Trinajstić information content (AvgIpc) is 2.95. The standard InChI is InChI=1S/C20H15F3N4O3/c21-20(22,23)30-15-4-2-14(3-5-15)27-18(28)11-26(19(27)29)10-12-7-8-25-17-6-1-13(24)9-16(12)17/h1-9H,10-11,24H2. The van der Waals surface area contributed by atoms with Gasteiger partial charge in [-0.2, -0.15) is 0 Å². The van der Waals surface area contributed by atoms with E-state index in [1.807, 2.05) is 0 Å². The molecule has 10 heteroatoms. The topological polar surface area (TPSA) is 88.8 Å². The fraction of sp³-hybridized carbons (Fsp3) is 0.150. The number of ether oxygens (including phenoxy) is 1. The van der Waals surface area contributed by atoms with Crippen LogP contribution in [0.2, 0.25) is 0 Å². The first-order valence-corrected chi connectivity index (χ1v) is 8.82. The maximum Gasteiger partial charge on any atom is 0.573 e. The molecule has 3 aromatic rings. The number of pyridine rings is 1. The third-order valence-electron chi connectivity index (χ3n) is 4.58. The predicted molar refractivity (Wildman–Crippen MR) is 103 cm³/mol. The Balaban J connectivity index is 1.56. The molecule has 3 amide bonds. The summed E-state index contributed by atoms with van der Waals surface area (Å²) in [6, 6.07) is 10.9. The van der Waals surface area contributed by atoms with Crippen LogP contribution in [0, 0.1) is 0 Å². The first-order chi connectivity index (χ1) is 14.2. The summed E-state index contributed by atoms with van der Waals surface area (Å²) in [5.74, 6) is -0.926. The number of amides is 3. The molecule has 1 saturated heterocycles. The molecule has 0 radical (unpaired) electrons. The molecule has 0 bridgehead atoms. The summed E-state index contributed by atoms with van der Waals surface area (Å²) in [6.07, 6.45) is -3.22. The number of anilines is 2. The fourth-order valence-electron chi connectivity index (χ4n) is 3.29. The maximum absolute atomic E-state index is 12.8. The van der Waals surface area contributed by atoms with Crippen LogP contribution in [0.4, 0.5) is 29.3 Å². The molecule has 0 spiro atoms. The Morgan fingerprint density at radius 3 is 2.50 bits per heavy atom. The maximum atomic E-state index is 12.8. The van der Waals surface area contributed by atoms with Crippen LogP contribution in [-0.4, -0.2) is 34.7 Å². The van der Waals surface area contributed by atoms with Crippen molar-refractivity contribution in [3.8, 4) is 5.75 Å². The number of imide groups is 1. The molecule has 154 valence electrons. The highest BCUT2D eigenvalue weighted by molar-refractivity contribution is 6.19. The zero-order valence-corrected chi connectivity index (χ0v) is 15.4. The molecule has 1 aliphatic heterocycles. The second kappa shape index (κ2) is 7.21. The van der Waals surface area contributed by atoms with Gasteiger partial charge in [0.2, 0.25) is 0 Å². The summed E-state index contributed by atoms with van der Waals surface area (Å²) in [5, 5.41) is 0.768. The number of carbonyl (C=O) groups is 2. The molecule has 4 rings (SSSR count). The van der Waals surface area contributed by atoms with Crippen LogP contribution < -0.4 is 15.4 Å².